The topological polar surface area (TPSA) is 75.3 Å². The van der Waals surface area contributed by atoms with Crippen LogP contribution in [0.15, 0.2) is 23.0 Å². The summed E-state index contributed by atoms with van der Waals surface area (Å²) >= 11 is 0. The number of esters is 1. The zero-order chi connectivity index (χ0) is 17.8. The molecule has 134 valence electrons. The fraction of sp³-hybridized carbons (Fsp3) is 0.526. The van der Waals surface area contributed by atoms with E-state index < -0.39 is 5.97 Å². The molecule has 0 aliphatic heterocycles. The van der Waals surface area contributed by atoms with E-state index in [9.17, 15) is 9.59 Å². The monoisotopic (exact) mass is 343 g/mol. The van der Waals surface area contributed by atoms with Gasteiger partial charge in [-0.3, -0.25) is 9.69 Å². The van der Waals surface area contributed by atoms with Gasteiger partial charge in [0, 0.05) is 6.04 Å². The lowest BCUT2D eigenvalue weighted by atomic mass is 9.94. The van der Waals surface area contributed by atoms with Crippen molar-refractivity contribution in [3.05, 3.63) is 39.9 Å². The van der Waals surface area contributed by atoms with Crippen LogP contribution >= 0.6 is 0 Å². The first kappa shape index (κ1) is 17.6. The van der Waals surface area contributed by atoms with E-state index in [2.05, 4.69) is 21.8 Å². The standard InChI is InChI=1S/C19H25N3O3/c1-3-22(14-7-5-4-6-8-14)12-17-20-16-11-13(19(24)25-2)9-10-15(16)18(23)21-17/h9-11,14H,3-8,12H2,1-2H3,(H,20,21,23). The number of carbonyl (C=O) groups is 1. The molecule has 0 bridgehead atoms. The van der Waals surface area contributed by atoms with Crippen LogP contribution in [0, 0.1) is 0 Å². The molecule has 0 radical (unpaired) electrons. The maximum atomic E-state index is 12.4. The fourth-order valence-corrected chi connectivity index (χ4v) is 3.65. The lowest BCUT2D eigenvalue weighted by molar-refractivity contribution is 0.0601. The number of nitrogens with zero attached hydrogens (tertiary/aromatic N) is 2. The number of methoxy groups -OCH3 is 1. The summed E-state index contributed by atoms with van der Waals surface area (Å²) in [5.74, 6) is 0.217. The molecule has 1 aromatic carbocycles. The summed E-state index contributed by atoms with van der Waals surface area (Å²) < 4.78 is 4.75. The van der Waals surface area contributed by atoms with Crippen LogP contribution < -0.4 is 5.56 Å². The van der Waals surface area contributed by atoms with Crippen LogP contribution in [0.25, 0.3) is 10.9 Å². The summed E-state index contributed by atoms with van der Waals surface area (Å²) in [4.78, 5) is 33.9. The van der Waals surface area contributed by atoms with Crippen LogP contribution in [-0.2, 0) is 11.3 Å². The number of aromatic amines is 1. The zero-order valence-electron chi connectivity index (χ0n) is 14.9. The minimum atomic E-state index is -0.428. The number of nitrogens with one attached hydrogen (secondary N) is 1. The van der Waals surface area contributed by atoms with Gasteiger partial charge >= 0.3 is 5.97 Å². The Morgan fingerprint density at radius 3 is 2.76 bits per heavy atom. The van der Waals surface area contributed by atoms with E-state index in [-0.39, 0.29) is 5.56 Å². The summed E-state index contributed by atoms with van der Waals surface area (Å²) in [6.45, 7) is 3.69. The Balaban J connectivity index is 1.90. The van der Waals surface area contributed by atoms with E-state index in [1.165, 1.54) is 39.2 Å². The van der Waals surface area contributed by atoms with Gasteiger partial charge in [-0.05, 0) is 37.6 Å². The third-order valence-corrected chi connectivity index (χ3v) is 5.03. The van der Waals surface area contributed by atoms with Crippen molar-refractivity contribution in [2.45, 2.75) is 51.6 Å². The second-order valence-corrected chi connectivity index (χ2v) is 6.59. The first-order valence-electron chi connectivity index (χ1n) is 8.97. The van der Waals surface area contributed by atoms with Crippen molar-refractivity contribution in [3.8, 4) is 0 Å². The minimum Gasteiger partial charge on any atom is -0.465 e. The first-order valence-corrected chi connectivity index (χ1v) is 8.97. The van der Waals surface area contributed by atoms with Gasteiger partial charge in [0.05, 0.1) is 30.1 Å². The molecule has 6 nitrogen and oxygen atoms in total. The molecule has 2 aromatic rings. The lowest BCUT2D eigenvalue weighted by Gasteiger charge is -2.33. The molecule has 0 spiro atoms. The Morgan fingerprint density at radius 1 is 1.32 bits per heavy atom. The smallest absolute Gasteiger partial charge is 0.337 e. The van der Waals surface area contributed by atoms with Gasteiger partial charge in [-0.2, -0.15) is 0 Å². The molecule has 1 aliphatic carbocycles. The number of hydrogen-bond donors (Lipinski definition) is 1. The highest BCUT2D eigenvalue weighted by atomic mass is 16.5. The van der Waals surface area contributed by atoms with Gasteiger partial charge in [-0.1, -0.05) is 26.2 Å². The molecule has 1 aliphatic rings. The van der Waals surface area contributed by atoms with Crippen molar-refractivity contribution in [1.82, 2.24) is 14.9 Å². The Bertz CT molecular complexity index is 809. The number of carbonyl (C=O) groups excluding carboxylic acids is 1. The molecule has 0 saturated heterocycles. The summed E-state index contributed by atoms with van der Waals surface area (Å²) in [5, 5.41) is 0.483. The quantitative estimate of drug-likeness (QED) is 0.845. The molecule has 1 fully saturated rings. The molecule has 0 atom stereocenters. The SMILES string of the molecule is CCN(Cc1nc2cc(C(=O)OC)ccc2c(=O)[nH]1)C1CCCCC1. The molecule has 0 unspecified atom stereocenters. The summed E-state index contributed by atoms with van der Waals surface area (Å²) in [6.07, 6.45) is 6.27. The minimum absolute atomic E-state index is 0.170. The van der Waals surface area contributed by atoms with E-state index in [1.54, 1.807) is 18.2 Å². The van der Waals surface area contributed by atoms with Crippen LogP contribution in [0.2, 0.25) is 0 Å². The van der Waals surface area contributed by atoms with E-state index in [0.717, 1.165) is 6.54 Å². The fourth-order valence-electron chi connectivity index (χ4n) is 3.65. The van der Waals surface area contributed by atoms with E-state index in [1.807, 2.05) is 0 Å². The second-order valence-electron chi connectivity index (χ2n) is 6.59. The molecule has 0 amide bonds. The Kier molecular flexibility index (Phi) is 5.48. The van der Waals surface area contributed by atoms with Crippen molar-refractivity contribution in [2.24, 2.45) is 0 Å². The van der Waals surface area contributed by atoms with Gasteiger partial charge in [0.15, 0.2) is 0 Å². The van der Waals surface area contributed by atoms with Gasteiger partial charge in [0.2, 0.25) is 0 Å². The van der Waals surface area contributed by atoms with E-state index >= 15 is 0 Å². The Morgan fingerprint density at radius 2 is 2.08 bits per heavy atom. The molecular formula is C19H25N3O3. The average molecular weight is 343 g/mol. The summed E-state index contributed by atoms with van der Waals surface area (Å²) in [7, 11) is 1.34. The molecule has 1 N–H and O–H groups in total. The van der Waals surface area contributed by atoms with Gasteiger partial charge in [-0.15, -0.1) is 0 Å². The molecule has 6 heteroatoms. The van der Waals surface area contributed by atoms with Crippen LogP contribution in [0.1, 0.15) is 55.2 Å². The van der Waals surface area contributed by atoms with Gasteiger partial charge in [-0.25, -0.2) is 9.78 Å². The number of H-pyrrole nitrogens is 1. The molecule has 1 heterocycles. The van der Waals surface area contributed by atoms with Crippen LogP contribution in [0.3, 0.4) is 0 Å². The highest BCUT2D eigenvalue weighted by Gasteiger charge is 2.21. The predicted molar refractivity (Wildman–Crippen MR) is 96.7 cm³/mol. The first-order chi connectivity index (χ1) is 12.1. The van der Waals surface area contributed by atoms with Crippen molar-refractivity contribution in [2.75, 3.05) is 13.7 Å². The highest BCUT2D eigenvalue weighted by Crippen LogP contribution is 2.23. The third-order valence-electron chi connectivity index (χ3n) is 5.03. The average Bonchev–Trinajstić information content (AvgIpc) is 2.65. The van der Waals surface area contributed by atoms with Crippen LogP contribution in [-0.4, -0.2) is 40.5 Å². The van der Waals surface area contributed by atoms with Crippen molar-refractivity contribution >= 4 is 16.9 Å². The zero-order valence-corrected chi connectivity index (χ0v) is 14.9. The number of benzene rings is 1. The van der Waals surface area contributed by atoms with E-state index in [0.29, 0.717) is 34.9 Å². The summed E-state index contributed by atoms with van der Waals surface area (Å²) in [6, 6.07) is 5.39. The number of hydrogen-bond acceptors (Lipinski definition) is 5. The van der Waals surface area contributed by atoms with Gasteiger partial charge in [0.1, 0.15) is 5.82 Å². The Labute approximate surface area is 147 Å². The molecule has 1 saturated carbocycles. The predicted octanol–water partition coefficient (Wildman–Crippen LogP) is 2.86. The van der Waals surface area contributed by atoms with Gasteiger partial charge in [0.25, 0.3) is 5.56 Å². The molecule has 25 heavy (non-hydrogen) atoms. The molecular weight excluding hydrogens is 318 g/mol. The van der Waals surface area contributed by atoms with Crippen molar-refractivity contribution < 1.29 is 9.53 Å². The third kappa shape index (κ3) is 3.90. The lowest BCUT2D eigenvalue weighted by Crippen LogP contribution is -2.37. The van der Waals surface area contributed by atoms with Crippen LogP contribution in [0.5, 0.6) is 0 Å². The maximum Gasteiger partial charge on any atom is 0.337 e. The number of ether oxygens (including phenoxy) is 1. The van der Waals surface area contributed by atoms with Gasteiger partial charge < -0.3 is 9.72 Å². The van der Waals surface area contributed by atoms with Crippen LogP contribution in [0.4, 0.5) is 0 Å². The normalized spacial score (nSPS) is 15.6. The highest BCUT2D eigenvalue weighted by molar-refractivity contribution is 5.93. The molecule has 3 rings (SSSR count). The molecule has 1 aromatic heterocycles. The second kappa shape index (κ2) is 7.78. The summed E-state index contributed by atoms with van der Waals surface area (Å²) in [5.41, 5.74) is 0.760. The largest absolute Gasteiger partial charge is 0.465 e. The van der Waals surface area contributed by atoms with Crippen molar-refractivity contribution in [3.63, 3.8) is 0 Å². The van der Waals surface area contributed by atoms with Crippen molar-refractivity contribution in [1.29, 1.82) is 0 Å². The number of rotatable bonds is 5. The maximum absolute atomic E-state index is 12.4. The Hall–Kier alpha value is -2.21. The number of fused-ring (bicyclic) bond motifs is 1. The van der Waals surface area contributed by atoms with E-state index in [4.69, 9.17) is 4.74 Å². The number of aromatic nitrogens is 2.